The summed E-state index contributed by atoms with van der Waals surface area (Å²) in [7, 11) is 0. The Bertz CT molecular complexity index is 1620. The zero-order chi connectivity index (χ0) is 26.5. The molecule has 5 aliphatic carbocycles. The van der Waals surface area contributed by atoms with Crippen molar-refractivity contribution in [1.82, 2.24) is 29.4 Å². The number of hydrogen-bond donors (Lipinski definition) is 1. The van der Waals surface area contributed by atoms with E-state index in [9.17, 15) is 9.90 Å². The molecule has 9 heteroatoms. The van der Waals surface area contributed by atoms with E-state index >= 15 is 0 Å². The number of fused-ring (bicyclic) bond motifs is 1. The molecule has 4 aromatic heterocycles. The molecule has 200 valence electrons. The van der Waals surface area contributed by atoms with Crippen molar-refractivity contribution in [3.8, 4) is 22.5 Å². The third-order valence-corrected chi connectivity index (χ3v) is 10.3. The summed E-state index contributed by atoms with van der Waals surface area (Å²) >= 11 is 6.30. The van der Waals surface area contributed by atoms with E-state index < -0.39 is 5.97 Å². The highest BCUT2D eigenvalue weighted by atomic mass is 35.5. The molecule has 4 bridgehead atoms. The lowest BCUT2D eigenvalue weighted by molar-refractivity contribution is -0.0638. The highest BCUT2D eigenvalue weighted by molar-refractivity contribution is 6.30. The van der Waals surface area contributed by atoms with Crippen molar-refractivity contribution in [2.75, 3.05) is 0 Å². The number of aromatic carboxylic acids is 1. The lowest BCUT2D eigenvalue weighted by Crippen LogP contribution is -2.48. The number of hydrogen-bond acceptors (Lipinski definition) is 5. The highest BCUT2D eigenvalue weighted by Crippen LogP contribution is 2.60. The molecule has 4 aromatic rings. The molecule has 0 spiro atoms. The number of carboxylic acids is 1. The van der Waals surface area contributed by atoms with Crippen molar-refractivity contribution in [2.45, 2.75) is 70.8 Å². The number of carboxylic acid groups (broad SMARTS) is 1. The minimum atomic E-state index is -1.01. The first-order valence-corrected chi connectivity index (χ1v) is 14.5. The fourth-order valence-electron chi connectivity index (χ4n) is 8.54. The molecule has 0 radical (unpaired) electrons. The molecular formula is C30H31ClN6O2. The zero-order valence-corrected chi connectivity index (χ0v) is 22.7. The van der Waals surface area contributed by atoms with E-state index in [2.05, 4.69) is 26.8 Å². The van der Waals surface area contributed by atoms with Crippen molar-refractivity contribution in [3.63, 3.8) is 0 Å². The number of pyridine rings is 1. The van der Waals surface area contributed by atoms with E-state index in [1.165, 1.54) is 38.5 Å². The molecule has 5 fully saturated rings. The summed E-state index contributed by atoms with van der Waals surface area (Å²) in [5, 5.41) is 24.1. The Balaban J connectivity index is 1.17. The normalized spacial score (nSPS) is 27.5. The molecule has 9 rings (SSSR count). The van der Waals surface area contributed by atoms with Crippen LogP contribution in [0.5, 0.6) is 0 Å². The van der Waals surface area contributed by atoms with Crippen LogP contribution in [0.3, 0.4) is 0 Å². The highest BCUT2D eigenvalue weighted by Gasteiger charge is 2.51. The Morgan fingerprint density at radius 2 is 1.79 bits per heavy atom. The molecule has 0 aliphatic heterocycles. The summed E-state index contributed by atoms with van der Waals surface area (Å²) in [6, 6.07) is 3.83. The van der Waals surface area contributed by atoms with Gasteiger partial charge in [0.2, 0.25) is 0 Å². The van der Waals surface area contributed by atoms with Crippen LogP contribution >= 0.6 is 11.6 Å². The number of aromatic nitrogens is 6. The van der Waals surface area contributed by atoms with Gasteiger partial charge in [0.1, 0.15) is 11.3 Å². The van der Waals surface area contributed by atoms with Crippen molar-refractivity contribution in [2.24, 2.45) is 23.2 Å². The van der Waals surface area contributed by atoms with Crippen LogP contribution < -0.4 is 0 Å². The number of nitrogens with zero attached hydrogens (tertiary/aromatic N) is 6. The summed E-state index contributed by atoms with van der Waals surface area (Å²) in [6.07, 6.45) is 15.8. The Labute approximate surface area is 231 Å². The Hall–Kier alpha value is -3.26. The van der Waals surface area contributed by atoms with E-state index in [0.29, 0.717) is 39.1 Å². The number of rotatable bonds is 6. The van der Waals surface area contributed by atoms with Gasteiger partial charge in [0.25, 0.3) is 0 Å². The van der Waals surface area contributed by atoms with Crippen LogP contribution in [0, 0.1) is 30.1 Å². The second-order valence-corrected chi connectivity index (χ2v) is 13.1. The van der Waals surface area contributed by atoms with Crippen LogP contribution in [0.25, 0.3) is 28.2 Å². The Kier molecular flexibility index (Phi) is 5.07. The smallest absolute Gasteiger partial charge is 0.340 e. The minimum Gasteiger partial charge on any atom is -0.478 e. The average Bonchev–Trinajstić information content (AvgIpc) is 3.56. The van der Waals surface area contributed by atoms with Crippen molar-refractivity contribution < 1.29 is 9.90 Å². The maximum atomic E-state index is 12.6. The summed E-state index contributed by atoms with van der Waals surface area (Å²) in [4.78, 5) is 17.2. The van der Waals surface area contributed by atoms with Gasteiger partial charge >= 0.3 is 5.97 Å². The zero-order valence-electron chi connectivity index (χ0n) is 22.0. The van der Waals surface area contributed by atoms with Gasteiger partial charge in [-0.25, -0.2) is 9.78 Å². The molecule has 8 nitrogen and oxygen atoms in total. The Morgan fingerprint density at radius 1 is 1.08 bits per heavy atom. The SMILES string of the molecule is Cc1c(-c2ccn3c(-c4cc(C5CC5)c(Cl)nn4)cnc3c2C(=O)O)cnn1CC12CC3CC(CC(C3)C1)C2. The molecule has 0 saturated heterocycles. The van der Waals surface area contributed by atoms with Gasteiger partial charge in [-0.3, -0.25) is 9.08 Å². The predicted octanol–water partition coefficient (Wildman–Crippen LogP) is 6.41. The van der Waals surface area contributed by atoms with Crippen LogP contribution in [0.1, 0.15) is 78.9 Å². The second kappa shape index (κ2) is 8.37. The summed E-state index contributed by atoms with van der Waals surface area (Å²) in [5.74, 6) is 2.06. The second-order valence-electron chi connectivity index (χ2n) is 12.7. The summed E-state index contributed by atoms with van der Waals surface area (Å²) < 4.78 is 3.93. The van der Waals surface area contributed by atoms with Gasteiger partial charge in [0.05, 0.1) is 18.1 Å². The van der Waals surface area contributed by atoms with E-state index in [0.717, 1.165) is 54.0 Å². The van der Waals surface area contributed by atoms with Gasteiger partial charge in [-0.15, -0.1) is 10.2 Å². The molecular weight excluding hydrogens is 512 g/mol. The minimum absolute atomic E-state index is 0.172. The molecule has 0 atom stereocenters. The molecule has 1 N–H and O–H groups in total. The number of halogens is 1. The molecule has 0 unspecified atom stereocenters. The van der Waals surface area contributed by atoms with E-state index in [4.69, 9.17) is 16.7 Å². The van der Waals surface area contributed by atoms with E-state index in [1.807, 2.05) is 24.5 Å². The van der Waals surface area contributed by atoms with Crippen molar-refractivity contribution >= 4 is 23.2 Å². The lowest BCUT2D eigenvalue weighted by atomic mass is 9.49. The van der Waals surface area contributed by atoms with Gasteiger partial charge in [0.15, 0.2) is 10.8 Å². The van der Waals surface area contributed by atoms with Crippen LogP contribution in [0.4, 0.5) is 0 Å². The average molecular weight is 543 g/mol. The van der Waals surface area contributed by atoms with Crippen LogP contribution in [0.15, 0.2) is 30.7 Å². The third-order valence-electron chi connectivity index (χ3n) is 9.99. The maximum Gasteiger partial charge on any atom is 0.340 e. The maximum absolute atomic E-state index is 12.6. The van der Waals surface area contributed by atoms with Gasteiger partial charge in [-0.1, -0.05) is 11.6 Å². The lowest BCUT2D eigenvalue weighted by Gasteiger charge is -2.56. The molecule has 4 heterocycles. The molecule has 0 amide bonds. The number of imidazole rings is 1. The largest absolute Gasteiger partial charge is 0.478 e. The summed E-state index contributed by atoms with van der Waals surface area (Å²) in [6.45, 7) is 3.00. The fraction of sp³-hybridized carbons (Fsp3) is 0.500. The van der Waals surface area contributed by atoms with Crippen molar-refractivity contribution in [3.05, 3.63) is 52.7 Å². The van der Waals surface area contributed by atoms with E-state index in [1.54, 1.807) is 10.6 Å². The fourth-order valence-corrected chi connectivity index (χ4v) is 8.79. The number of carbonyl (C=O) groups is 1. The van der Waals surface area contributed by atoms with Crippen molar-refractivity contribution in [1.29, 1.82) is 0 Å². The van der Waals surface area contributed by atoms with Crippen LogP contribution in [0.2, 0.25) is 5.15 Å². The molecule has 5 saturated carbocycles. The van der Waals surface area contributed by atoms with Gasteiger partial charge in [-0.2, -0.15) is 5.10 Å². The monoisotopic (exact) mass is 542 g/mol. The van der Waals surface area contributed by atoms with Gasteiger partial charge in [0, 0.05) is 29.6 Å². The third kappa shape index (κ3) is 3.74. The quantitative estimate of drug-likeness (QED) is 0.302. The standard InChI is InChI=1S/C30H31ClN6O2/c1-16-23(13-33-37(16)15-30-10-17-6-18(11-30)8-19(7-17)12-30)21-4-5-36-25(14-32-28(36)26(21)29(38)39)24-9-22(20-2-3-20)27(31)35-34-24/h4-5,9,13-14,17-20H,2-3,6-8,10-12,15H2,1H3,(H,38,39). The first-order valence-electron chi connectivity index (χ1n) is 14.2. The van der Waals surface area contributed by atoms with E-state index in [-0.39, 0.29) is 5.56 Å². The molecule has 5 aliphatic rings. The first kappa shape index (κ1) is 23.6. The van der Waals surface area contributed by atoms with Gasteiger partial charge < -0.3 is 5.11 Å². The molecule has 0 aromatic carbocycles. The predicted molar refractivity (Wildman–Crippen MR) is 147 cm³/mol. The topological polar surface area (TPSA) is 98.2 Å². The van der Waals surface area contributed by atoms with Gasteiger partial charge in [-0.05, 0) is 105 Å². The molecule has 39 heavy (non-hydrogen) atoms. The first-order chi connectivity index (χ1) is 18.9. The van der Waals surface area contributed by atoms with Crippen LogP contribution in [-0.2, 0) is 6.54 Å². The Morgan fingerprint density at radius 3 is 2.46 bits per heavy atom. The van der Waals surface area contributed by atoms with Crippen LogP contribution in [-0.4, -0.2) is 40.4 Å². The summed E-state index contributed by atoms with van der Waals surface area (Å²) in [5.41, 5.74) is 5.74.